The van der Waals surface area contributed by atoms with Gasteiger partial charge in [-0.25, -0.2) is 8.42 Å². The van der Waals surface area contributed by atoms with Crippen LogP contribution in [0.1, 0.15) is 40.0 Å². The smallest absolute Gasteiger partial charge is 0.261 e. The third kappa shape index (κ3) is 5.23. The van der Waals surface area contributed by atoms with Crippen LogP contribution in [0.25, 0.3) is 0 Å². The fraction of sp³-hybridized carbons (Fsp3) is 0.174. The molecule has 1 atom stereocenters. The molecule has 3 rings (SSSR count). The van der Waals surface area contributed by atoms with Crippen molar-refractivity contribution in [2.24, 2.45) is 0 Å². The summed E-state index contributed by atoms with van der Waals surface area (Å²) in [6, 6.07) is 20.8. The van der Waals surface area contributed by atoms with Crippen LogP contribution in [0.3, 0.4) is 0 Å². The maximum atomic E-state index is 12.7. The number of hydrogen-bond donors (Lipinski definition) is 2. The lowest BCUT2D eigenvalue weighted by Crippen LogP contribution is -2.27. The highest BCUT2D eigenvalue weighted by Gasteiger charge is 2.18. The Labute approximate surface area is 171 Å². The van der Waals surface area contributed by atoms with Gasteiger partial charge in [-0.2, -0.15) is 0 Å². The third-order valence-electron chi connectivity index (χ3n) is 4.60. The second-order valence-electron chi connectivity index (χ2n) is 7.11. The lowest BCUT2D eigenvalue weighted by molar-refractivity contribution is 0.0939. The Balaban J connectivity index is 1.77. The van der Waals surface area contributed by atoms with Crippen molar-refractivity contribution in [2.45, 2.75) is 31.7 Å². The number of hydrogen-bond acceptors (Lipinski definition) is 3. The number of nitrogens with one attached hydrogen (secondary N) is 2. The van der Waals surface area contributed by atoms with Gasteiger partial charge < -0.3 is 5.32 Å². The van der Waals surface area contributed by atoms with Crippen LogP contribution in [-0.2, 0) is 10.0 Å². The van der Waals surface area contributed by atoms with Crippen LogP contribution < -0.4 is 10.0 Å². The molecule has 0 saturated carbocycles. The van der Waals surface area contributed by atoms with E-state index in [1.807, 2.05) is 51.1 Å². The Morgan fingerprint density at radius 2 is 1.55 bits per heavy atom. The second kappa shape index (κ2) is 8.49. The zero-order valence-corrected chi connectivity index (χ0v) is 17.5. The van der Waals surface area contributed by atoms with E-state index in [2.05, 4.69) is 10.0 Å². The maximum absolute atomic E-state index is 12.7. The lowest BCUT2D eigenvalue weighted by atomic mass is 10.1. The Hall–Kier alpha value is -3.12. The highest BCUT2D eigenvalue weighted by molar-refractivity contribution is 7.92. The van der Waals surface area contributed by atoms with Crippen molar-refractivity contribution in [1.29, 1.82) is 0 Å². The summed E-state index contributed by atoms with van der Waals surface area (Å²) in [7, 11) is -3.80. The number of sulfonamides is 1. The van der Waals surface area contributed by atoms with Crippen molar-refractivity contribution in [3.05, 3.63) is 95.1 Å². The molecule has 0 spiro atoms. The van der Waals surface area contributed by atoms with E-state index in [0.29, 0.717) is 5.69 Å². The quantitative estimate of drug-likeness (QED) is 0.626. The van der Waals surface area contributed by atoms with E-state index < -0.39 is 10.0 Å². The van der Waals surface area contributed by atoms with Gasteiger partial charge in [-0.05, 0) is 62.2 Å². The van der Waals surface area contributed by atoms with Crippen LogP contribution in [0.2, 0.25) is 0 Å². The summed E-state index contributed by atoms with van der Waals surface area (Å²) >= 11 is 0. The first-order valence-corrected chi connectivity index (χ1v) is 10.8. The molecule has 1 amide bonds. The molecule has 0 unspecified atom stereocenters. The predicted molar refractivity (Wildman–Crippen MR) is 115 cm³/mol. The first-order valence-electron chi connectivity index (χ1n) is 9.31. The lowest BCUT2D eigenvalue weighted by Gasteiger charge is -2.15. The van der Waals surface area contributed by atoms with Crippen LogP contribution in [0.4, 0.5) is 5.69 Å². The van der Waals surface area contributed by atoms with E-state index in [9.17, 15) is 13.2 Å². The molecular weight excluding hydrogens is 384 g/mol. The third-order valence-corrected chi connectivity index (χ3v) is 5.98. The first kappa shape index (κ1) is 20.6. The molecule has 29 heavy (non-hydrogen) atoms. The summed E-state index contributed by atoms with van der Waals surface area (Å²) in [5.41, 5.74) is 3.84. The van der Waals surface area contributed by atoms with Crippen molar-refractivity contribution >= 4 is 21.6 Å². The largest absolute Gasteiger partial charge is 0.346 e. The molecule has 0 radical (unpaired) electrons. The minimum Gasteiger partial charge on any atom is -0.346 e. The van der Waals surface area contributed by atoms with Gasteiger partial charge in [0.25, 0.3) is 15.9 Å². The Kier molecular flexibility index (Phi) is 6.03. The Morgan fingerprint density at radius 1 is 0.862 bits per heavy atom. The average Bonchev–Trinajstić information content (AvgIpc) is 2.68. The van der Waals surface area contributed by atoms with Gasteiger partial charge in [0.2, 0.25) is 0 Å². The summed E-state index contributed by atoms with van der Waals surface area (Å²) < 4.78 is 28.0. The van der Waals surface area contributed by atoms with E-state index >= 15 is 0 Å². The van der Waals surface area contributed by atoms with Crippen LogP contribution >= 0.6 is 0 Å². The number of aryl methyl sites for hydroxylation is 2. The van der Waals surface area contributed by atoms with Crippen LogP contribution in [0.5, 0.6) is 0 Å². The van der Waals surface area contributed by atoms with Gasteiger partial charge in [0.05, 0.1) is 10.9 Å². The van der Waals surface area contributed by atoms with Crippen molar-refractivity contribution < 1.29 is 13.2 Å². The van der Waals surface area contributed by atoms with Gasteiger partial charge in [0, 0.05) is 11.3 Å². The number of rotatable bonds is 6. The Morgan fingerprint density at radius 3 is 2.24 bits per heavy atom. The molecule has 2 N–H and O–H groups in total. The minimum absolute atomic E-state index is 0.0367. The van der Waals surface area contributed by atoms with Crippen molar-refractivity contribution in [3.8, 4) is 0 Å². The molecule has 150 valence electrons. The molecule has 3 aromatic carbocycles. The Bertz CT molecular complexity index is 1120. The van der Waals surface area contributed by atoms with E-state index in [1.54, 1.807) is 30.3 Å². The van der Waals surface area contributed by atoms with E-state index in [1.165, 1.54) is 12.1 Å². The summed E-state index contributed by atoms with van der Waals surface area (Å²) in [5, 5.41) is 2.91. The van der Waals surface area contributed by atoms with Crippen LogP contribution in [-0.4, -0.2) is 14.3 Å². The molecule has 5 nitrogen and oxygen atoms in total. The zero-order valence-electron chi connectivity index (χ0n) is 16.6. The number of benzene rings is 3. The van der Waals surface area contributed by atoms with E-state index in [4.69, 9.17) is 0 Å². The molecule has 0 heterocycles. The molecule has 0 bridgehead atoms. The molecule has 0 aliphatic heterocycles. The second-order valence-corrected chi connectivity index (χ2v) is 8.79. The molecule has 0 aromatic heterocycles. The SMILES string of the molecule is Cc1ccc([C@@H](C)NC(=O)c2cccc(S(=O)(=O)Nc3cccc(C)c3)c2)cc1. The normalized spacial score (nSPS) is 12.2. The maximum Gasteiger partial charge on any atom is 0.261 e. The zero-order chi connectivity index (χ0) is 21.0. The predicted octanol–water partition coefficient (Wildman–Crippen LogP) is 4.60. The fourth-order valence-corrected chi connectivity index (χ4v) is 4.04. The number of carbonyl (C=O) groups is 1. The van der Waals surface area contributed by atoms with Gasteiger partial charge >= 0.3 is 0 Å². The summed E-state index contributed by atoms with van der Waals surface area (Å²) in [6.07, 6.45) is 0. The van der Waals surface area contributed by atoms with Crippen molar-refractivity contribution in [3.63, 3.8) is 0 Å². The molecule has 0 fully saturated rings. The summed E-state index contributed by atoms with van der Waals surface area (Å²) in [4.78, 5) is 12.7. The van der Waals surface area contributed by atoms with Gasteiger partial charge in [-0.15, -0.1) is 0 Å². The van der Waals surface area contributed by atoms with Gasteiger partial charge in [-0.1, -0.05) is 48.0 Å². The monoisotopic (exact) mass is 408 g/mol. The van der Waals surface area contributed by atoms with Crippen molar-refractivity contribution in [2.75, 3.05) is 4.72 Å². The molecule has 0 saturated heterocycles. The standard InChI is InChI=1S/C23H24N2O3S/c1-16-10-12-19(13-11-16)18(3)24-23(26)20-7-5-9-22(15-20)29(27,28)25-21-8-4-6-17(2)14-21/h4-15,18,25H,1-3H3,(H,24,26)/t18-/m1/s1. The summed E-state index contributed by atoms with van der Waals surface area (Å²) in [5.74, 6) is -0.328. The van der Waals surface area contributed by atoms with Gasteiger partial charge in [0.15, 0.2) is 0 Å². The number of carbonyl (C=O) groups excluding carboxylic acids is 1. The van der Waals surface area contributed by atoms with Crippen LogP contribution in [0.15, 0.2) is 77.7 Å². The highest BCUT2D eigenvalue weighted by Crippen LogP contribution is 2.19. The minimum atomic E-state index is -3.80. The number of amides is 1. The number of anilines is 1. The fourth-order valence-electron chi connectivity index (χ4n) is 2.95. The highest BCUT2D eigenvalue weighted by atomic mass is 32.2. The molecule has 3 aromatic rings. The van der Waals surface area contributed by atoms with E-state index in [0.717, 1.165) is 16.7 Å². The van der Waals surface area contributed by atoms with Gasteiger partial charge in [0.1, 0.15) is 0 Å². The molecular formula is C23H24N2O3S. The average molecular weight is 409 g/mol. The van der Waals surface area contributed by atoms with Crippen LogP contribution in [0, 0.1) is 13.8 Å². The molecule has 0 aliphatic carbocycles. The molecule has 0 aliphatic rings. The van der Waals surface area contributed by atoms with E-state index in [-0.39, 0.29) is 22.4 Å². The van der Waals surface area contributed by atoms with Crippen molar-refractivity contribution in [1.82, 2.24) is 5.32 Å². The topological polar surface area (TPSA) is 75.3 Å². The summed E-state index contributed by atoms with van der Waals surface area (Å²) in [6.45, 7) is 5.78. The first-order chi connectivity index (χ1) is 13.7. The molecule has 6 heteroatoms. The van der Waals surface area contributed by atoms with Gasteiger partial charge in [-0.3, -0.25) is 9.52 Å².